The van der Waals surface area contributed by atoms with E-state index in [0.29, 0.717) is 18.8 Å². The third-order valence-electron chi connectivity index (χ3n) is 5.57. The van der Waals surface area contributed by atoms with Crippen molar-refractivity contribution in [2.45, 2.75) is 23.8 Å². The van der Waals surface area contributed by atoms with Gasteiger partial charge in [-0.1, -0.05) is 60.7 Å². The zero-order valence-electron chi connectivity index (χ0n) is 17.8. The SMILES string of the molecule is O=C(CNC(c1ccccc1)c1ccccc1)Nc1ccc(S(=O)(=O)N2CCCC2)cc1. The van der Waals surface area contributed by atoms with Gasteiger partial charge >= 0.3 is 0 Å². The van der Waals surface area contributed by atoms with E-state index in [9.17, 15) is 13.2 Å². The summed E-state index contributed by atoms with van der Waals surface area (Å²) in [7, 11) is -3.46. The van der Waals surface area contributed by atoms with Gasteiger partial charge in [0.1, 0.15) is 0 Å². The van der Waals surface area contributed by atoms with E-state index in [1.807, 2.05) is 60.7 Å². The zero-order valence-corrected chi connectivity index (χ0v) is 18.6. The summed E-state index contributed by atoms with van der Waals surface area (Å²) in [5.74, 6) is -0.197. The topological polar surface area (TPSA) is 78.5 Å². The number of carbonyl (C=O) groups excluding carboxylic acids is 1. The molecule has 0 spiro atoms. The number of rotatable bonds is 8. The van der Waals surface area contributed by atoms with Crippen LogP contribution in [0.5, 0.6) is 0 Å². The van der Waals surface area contributed by atoms with E-state index < -0.39 is 10.0 Å². The summed E-state index contributed by atoms with van der Waals surface area (Å²) in [5.41, 5.74) is 2.71. The molecule has 1 amide bonds. The molecule has 3 aromatic rings. The normalized spacial score (nSPS) is 14.5. The Morgan fingerprint density at radius 2 is 1.34 bits per heavy atom. The van der Waals surface area contributed by atoms with Crippen molar-refractivity contribution in [1.29, 1.82) is 0 Å². The molecule has 166 valence electrons. The molecule has 7 heteroatoms. The first-order chi connectivity index (χ1) is 15.5. The number of carbonyl (C=O) groups is 1. The second-order valence-electron chi connectivity index (χ2n) is 7.82. The van der Waals surface area contributed by atoms with E-state index in [2.05, 4.69) is 10.6 Å². The fourth-order valence-corrected chi connectivity index (χ4v) is 5.42. The summed E-state index contributed by atoms with van der Waals surface area (Å²) in [6, 6.07) is 26.2. The van der Waals surface area contributed by atoms with Gasteiger partial charge in [0.05, 0.1) is 17.5 Å². The molecule has 32 heavy (non-hydrogen) atoms. The van der Waals surface area contributed by atoms with E-state index in [1.165, 1.54) is 4.31 Å². The van der Waals surface area contributed by atoms with Crippen molar-refractivity contribution in [3.63, 3.8) is 0 Å². The summed E-state index contributed by atoms with van der Waals surface area (Å²) in [4.78, 5) is 12.8. The van der Waals surface area contributed by atoms with Gasteiger partial charge in [0.15, 0.2) is 0 Å². The molecule has 0 radical (unpaired) electrons. The molecule has 1 fully saturated rings. The quantitative estimate of drug-likeness (QED) is 0.549. The highest BCUT2D eigenvalue weighted by atomic mass is 32.2. The van der Waals surface area contributed by atoms with Crippen molar-refractivity contribution in [1.82, 2.24) is 9.62 Å². The molecule has 4 rings (SSSR count). The Morgan fingerprint density at radius 3 is 1.88 bits per heavy atom. The minimum Gasteiger partial charge on any atom is -0.325 e. The van der Waals surface area contributed by atoms with Crippen LogP contribution in [0.1, 0.15) is 30.0 Å². The maximum atomic E-state index is 12.6. The van der Waals surface area contributed by atoms with Crippen LogP contribution < -0.4 is 10.6 Å². The third kappa shape index (κ3) is 5.24. The van der Waals surface area contributed by atoms with Gasteiger partial charge in [-0.2, -0.15) is 4.31 Å². The summed E-state index contributed by atoms with van der Waals surface area (Å²) in [6.45, 7) is 1.25. The van der Waals surface area contributed by atoms with Crippen LogP contribution in [-0.4, -0.2) is 38.3 Å². The third-order valence-corrected chi connectivity index (χ3v) is 7.49. The molecule has 0 saturated carbocycles. The number of amides is 1. The maximum absolute atomic E-state index is 12.6. The predicted octanol–water partition coefficient (Wildman–Crippen LogP) is 3.79. The average Bonchev–Trinajstić information content (AvgIpc) is 3.37. The number of hydrogen-bond donors (Lipinski definition) is 2. The molecular weight excluding hydrogens is 422 g/mol. The van der Waals surface area contributed by atoms with E-state index >= 15 is 0 Å². The van der Waals surface area contributed by atoms with Crippen LogP contribution in [0.25, 0.3) is 0 Å². The Balaban J connectivity index is 1.39. The molecule has 0 bridgehead atoms. The van der Waals surface area contributed by atoms with Gasteiger partial charge in [-0.15, -0.1) is 0 Å². The smallest absolute Gasteiger partial charge is 0.243 e. The molecule has 0 unspecified atom stereocenters. The number of sulfonamides is 1. The van der Waals surface area contributed by atoms with Crippen molar-refractivity contribution < 1.29 is 13.2 Å². The van der Waals surface area contributed by atoms with Crippen LogP contribution in [0.3, 0.4) is 0 Å². The van der Waals surface area contributed by atoms with Gasteiger partial charge in [0.2, 0.25) is 15.9 Å². The Hall–Kier alpha value is -3.00. The van der Waals surface area contributed by atoms with E-state index in [4.69, 9.17) is 0 Å². The highest BCUT2D eigenvalue weighted by molar-refractivity contribution is 7.89. The molecule has 2 N–H and O–H groups in total. The lowest BCUT2D eigenvalue weighted by molar-refractivity contribution is -0.115. The lowest BCUT2D eigenvalue weighted by Gasteiger charge is -2.20. The summed E-state index contributed by atoms with van der Waals surface area (Å²) < 4.78 is 26.8. The van der Waals surface area contributed by atoms with Crippen LogP contribution in [-0.2, 0) is 14.8 Å². The number of hydrogen-bond acceptors (Lipinski definition) is 4. The molecule has 1 saturated heterocycles. The molecule has 6 nitrogen and oxygen atoms in total. The highest BCUT2D eigenvalue weighted by Crippen LogP contribution is 2.23. The minimum absolute atomic E-state index is 0.113. The van der Waals surface area contributed by atoms with E-state index in [0.717, 1.165) is 24.0 Å². The number of nitrogens with one attached hydrogen (secondary N) is 2. The van der Waals surface area contributed by atoms with Crippen LogP contribution in [0.4, 0.5) is 5.69 Å². The fourth-order valence-electron chi connectivity index (χ4n) is 3.91. The van der Waals surface area contributed by atoms with Gasteiger partial charge < -0.3 is 5.32 Å². The fraction of sp³-hybridized carbons (Fsp3) is 0.240. The molecule has 1 heterocycles. The summed E-state index contributed by atoms with van der Waals surface area (Å²) >= 11 is 0. The number of nitrogens with zero attached hydrogens (tertiary/aromatic N) is 1. The van der Waals surface area contributed by atoms with Crippen molar-refractivity contribution in [3.8, 4) is 0 Å². The first-order valence-corrected chi connectivity index (χ1v) is 12.2. The Labute approximate surface area is 189 Å². The zero-order chi connectivity index (χ0) is 22.4. The molecule has 0 aromatic heterocycles. The molecular formula is C25H27N3O3S. The molecule has 1 aliphatic rings. The second kappa shape index (κ2) is 10.1. The standard InChI is InChI=1S/C25H27N3O3S/c29-24(19-26-25(20-9-3-1-4-10-20)21-11-5-2-6-12-21)27-22-13-15-23(16-14-22)32(30,31)28-17-7-8-18-28/h1-6,9-16,25-26H,7-8,17-19H2,(H,27,29). The van der Waals surface area contributed by atoms with Crippen molar-refractivity contribution in [3.05, 3.63) is 96.1 Å². The Kier molecular flexibility index (Phi) is 6.99. The van der Waals surface area contributed by atoms with Crippen LogP contribution in [0.15, 0.2) is 89.8 Å². The predicted molar refractivity (Wildman–Crippen MR) is 126 cm³/mol. The van der Waals surface area contributed by atoms with E-state index in [1.54, 1.807) is 24.3 Å². The lowest BCUT2D eigenvalue weighted by Crippen LogP contribution is -2.32. The number of benzene rings is 3. The Morgan fingerprint density at radius 1 is 0.812 bits per heavy atom. The first kappa shape index (κ1) is 22.2. The summed E-state index contributed by atoms with van der Waals surface area (Å²) in [6.07, 6.45) is 1.79. The van der Waals surface area contributed by atoms with Gasteiger partial charge in [0, 0.05) is 18.8 Å². The van der Waals surface area contributed by atoms with Crippen LogP contribution in [0, 0.1) is 0 Å². The van der Waals surface area contributed by atoms with Crippen molar-refractivity contribution in [2.75, 3.05) is 25.0 Å². The van der Waals surface area contributed by atoms with Crippen molar-refractivity contribution >= 4 is 21.6 Å². The van der Waals surface area contributed by atoms with Gasteiger partial charge in [-0.05, 0) is 48.2 Å². The largest absolute Gasteiger partial charge is 0.325 e. The van der Waals surface area contributed by atoms with E-state index in [-0.39, 0.29) is 23.4 Å². The molecule has 0 atom stereocenters. The maximum Gasteiger partial charge on any atom is 0.243 e. The van der Waals surface area contributed by atoms with Gasteiger partial charge in [-0.25, -0.2) is 8.42 Å². The first-order valence-electron chi connectivity index (χ1n) is 10.8. The molecule has 1 aliphatic heterocycles. The monoisotopic (exact) mass is 449 g/mol. The van der Waals surface area contributed by atoms with Crippen LogP contribution in [0.2, 0.25) is 0 Å². The van der Waals surface area contributed by atoms with Gasteiger partial charge in [0.25, 0.3) is 0 Å². The minimum atomic E-state index is -3.46. The lowest BCUT2D eigenvalue weighted by atomic mass is 9.99. The number of anilines is 1. The highest BCUT2D eigenvalue weighted by Gasteiger charge is 2.27. The molecule has 3 aromatic carbocycles. The van der Waals surface area contributed by atoms with Crippen molar-refractivity contribution in [2.24, 2.45) is 0 Å². The average molecular weight is 450 g/mol. The molecule has 0 aliphatic carbocycles. The Bertz CT molecular complexity index is 1090. The second-order valence-corrected chi connectivity index (χ2v) is 9.76. The van der Waals surface area contributed by atoms with Crippen LogP contribution >= 0.6 is 0 Å². The summed E-state index contributed by atoms with van der Waals surface area (Å²) in [5, 5.41) is 6.17. The van der Waals surface area contributed by atoms with Gasteiger partial charge in [-0.3, -0.25) is 10.1 Å².